The first-order valence-electron chi connectivity index (χ1n) is 6.38. The van der Waals surface area contributed by atoms with Gasteiger partial charge >= 0.3 is 6.18 Å². The van der Waals surface area contributed by atoms with Gasteiger partial charge in [0.1, 0.15) is 11.5 Å². The number of fused-ring (bicyclic) bond motifs is 1. The number of ether oxygens (including phenoxy) is 1. The molecule has 116 valence electrons. The van der Waals surface area contributed by atoms with Crippen LogP contribution in [-0.4, -0.2) is 24.4 Å². The Bertz CT molecular complexity index is 711. The number of benzene rings is 2. The number of rotatable bonds is 4. The van der Waals surface area contributed by atoms with Gasteiger partial charge in [0.05, 0.1) is 0 Å². The largest absolute Gasteiger partial charge is 0.484 e. The molecule has 0 saturated carbocycles. The Balaban J connectivity index is 1.93. The Morgan fingerprint density at radius 2 is 1.86 bits per heavy atom. The van der Waals surface area contributed by atoms with Crippen molar-refractivity contribution in [2.75, 3.05) is 6.61 Å². The zero-order valence-electron chi connectivity index (χ0n) is 11.6. The van der Waals surface area contributed by atoms with Gasteiger partial charge < -0.3 is 4.74 Å². The lowest BCUT2D eigenvalue weighted by atomic mass is 10.1. The van der Waals surface area contributed by atoms with E-state index in [9.17, 15) is 18.0 Å². The van der Waals surface area contributed by atoms with Crippen molar-refractivity contribution in [1.82, 2.24) is 5.43 Å². The average Bonchev–Trinajstić information content (AvgIpc) is 2.49. The van der Waals surface area contributed by atoms with Gasteiger partial charge in [-0.05, 0) is 29.8 Å². The van der Waals surface area contributed by atoms with Crippen LogP contribution in [-0.2, 0) is 4.79 Å². The van der Waals surface area contributed by atoms with Crippen LogP contribution >= 0.6 is 0 Å². The standard InChI is InChI=1S/C15H13F3N2O2/c1-10(15(16,17)18)19-20-14(21)9-22-13-7-6-11-4-2-3-5-12(11)8-13/h2-8H,9H2,1H3,(H,20,21). The van der Waals surface area contributed by atoms with Crippen LogP contribution in [0.25, 0.3) is 10.8 Å². The fourth-order valence-corrected chi connectivity index (χ4v) is 1.65. The van der Waals surface area contributed by atoms with Crippen LogP contribution in [0.15, 0.2) is 47.6 Å². The molecule has 22 heavy (non-hydrogen) atoms. The summed E-state index contributed by atoms with van der Waals surface area (Å²) in [5.74, 6) is -0.317. The van der Waals surface area contributed by atoms with Crippen molar-refractivity contribution in [2.45, 2.75) is 13.1 Å². The van der Waals surface area contributed by atoms with E-state index in [0.717, 1.165) is 17.7 Å². The maximum absolute atomic E-state index is 12.2. The van der Waals surface area contributed by atoms with E-state index in [1.54, 1.807) is 17.6 Å². The lowest BCUT2D eigenvalue weighted by Crippen LogP contribution is -2.29. The number of halogens is 3. The molecule has 7 heteroatoms. The van der Waals surface area contributed by atoms with E-state index in [4.69, 9.17) is 4.74 Å². The molecule has 0 atom stereocenters. The molecule has 2 aromatic carbocycles. The van der Waals surface area contributed by atoms with Crippen molar-refractivity contribution in [3.05, 3.63) is 42.5 Å². The Morgan fingerprint density at radius 1 is 1.18 bits per heavy atom. The molecule has 2 rings (SSSR count). The predicted octanol–water partition coefficient (Wildman–Crippen LogP) is 3.27. The topological polar surface area (TPSA) is 50.7 Å². The minimum absolute atomic E-state index is 0.424. The summed E-state index contributed by atoms with van der Waals surface area (Å²) in [6.07, 6.45) is -4.56. The second-order valence-corrected chi connectivity index (χ2v) is 4.53. The Kier molecular flexibility index (Phi) is 4.65. The van der Waals surface area contributed by atoms with Crippen molar-refractivity contribution < 1.29 is 22.7 Å². The summed E-state index contributed by atoms with van der Waals surface area (Å²) < 4.78 is 41.8. The molecule has 0 radical (unpaired) electrons. The number of hydrogen-bond acceptors (Lipinski definition) is 3. The summed E-state index contributed by atoms with van der Waals surface area (Å²) in [4.78, 5) is 11.4. The highest BCUT2D eigenvalue weighted by molar-refractivity contribution is 5.89. The number of carbonyl (C=O) groups excluding carboxylic acids is 1. The molecule has 2 aromatic rings. The highest BCUT2D eigenvalue weighted by Crippen LogP contribution is 2.20. The molecule has 0 aliphatic carbocycles. The lowest BCUT2D eigenvalue weighted by molar-refractivity contribution is -0.123. The zero-order chi connectivity index (χ0) is 16.2. The molecule has 0 unspecified atom stereocenters. The van der Waals surface area contributed by atoms with Crippen LogP contribution in [0.2, 0.25) is 0 Å². The first-order valence-corrected chi connectivity index (χ1v) is 6.38. The summed E-state index contributed by atoms with van der Waals surface area (Å²) in [6, 6.07) is 12.8. The van der Waals surface area contributed by atoms with Crippen molar-refractivity contribution in [3.8, 4) is 5.75 Å². The van der Waals surface area contributed by atoms with Gasteiger partial charge in [0.15, 0.2) is 6.61 Å². The van der Waals surface area contributed by atoms with Gasteiger partial charge in [-0.15, -0.1) is 0 Å². The highest BCUT2D eigenvalue weighted by Gasteiger charge is 2.32. The van der Waals surface area contributed by atoms with Gasteiger partial charge in [-0.2, -0.15) is 18.3 Å². The molecule has 0 saturated heterocycles. The number of hydrogen-bond donors (Lipinski definition) is 1. The molecule has 0 spiro atoms. The highest BCUT2D eigenvalue weighted by atomic mass is 19.4. The van der Waals surface area contributed by atoms with Crippen molar-refractivity contribution in [2.24, 2.45) is 5.10 Å². The van der Waals surface area contributed by atoms with Crippen LogP contribution < -0.4 is 10.2 Å². The fourth-order valence-electron chi connectivity index (χ4n) is 1.65. The maximum Gasteiger partial charge on any atom is 0.430 e. The van der Waals surface area contributed by atoms with E-state index in [2.05, 4.69) is 5.10 Å². The maximum atomic E-state index is 12.2. The van der Waals surface area contributed by atoms with Crippen molar-refractivity contribution in [1.29, 1.82) is 0 Å². The Morgan fingerprint density at radius 3 is 2.55 bits per heavy atom. The van der Waals surface area contributed by atoms with E-state index in [-0.39, 0.29) is 0 Å². The van der Waals surface area contributed by atoms with Crippen molar-refractivity contribution >= 4 is 22.4 Å². The van der Waals surface area contributed by atoms with E-state index < -0.39 is 24.4 Å². The van der Waals surface area contributed by atoms with Gasteiger partial charge in [-0.3, -0.25) is 4.79 Å². The second kappa shape index (κ2) is 6.46. The van der Waals surface area contributed by atoms with E-state index in [1.165, 1.54) is 0 Å². The molecular weight excluding hydrogens is 297 g/mol. The van der Waals surface area contributed by atoms with Crippen LogP contribution in [0.3, 0.4) is 0 Å². The second-order valence-electron chi connectivity index (χ2n) is 4.53. The zero-order valence-corrected chi connectivity index (χ0v) is 11.6. The number of nitrogens with one attached hydrogen (secondary N) is 1. The molecule has 4 nitrogen and oxygen atoms in total. The summed E-state index contributed by atoms with van der Waals surface area (Å²) in [7, 11) is 0. The van der Waals surface area contributed by atoms with Gasteiger partial charge in [0.25, 0.3) is 5.91 Å². The molecule has 0 bridgehead atoms. The van der Waals surface area contributed by atoms with Gasteiger partial charge in [0, 0.05) is 0 Å². The molecular formula is C15H13F3N2O2. The SMILES string of the molecule is CC(=NNC(=O)COc1ccc2ccccc2c1)C(F)(F)F. The number of alkyl halides is 3. The third kappa shape index (κ3) is 4.21. The van der Waals surface area contributed by atoms with Crippen LogP contribution in [0.1, 0.15) is 6.92 Å². The summed E-state index contributed by atoms with van der Waals surface area (Å²) in [5.41, 5.74) is 0.668. The minimum atomic E-state index is -4.56. The third-order valence-corrected chi connectivity index (χ3v) is 2.85. The Labute approximate surface area is 124 Å². The summed E-state index contributed by atoms with van der Waals surface area (Å²) >= 11 is 0. The quantitative estimate of drug-likeness (QED) is 0.696. The lowest BCUT2D eigenvalue weighted by Gasteiger charge is -2.08. The molecule has 0 fully saturated rings. The predicted molar refractivity (Wildman–Crippen MR) is 76.7 cm³/mol. The fraction of sp³-hybridized carbons (Fsp3) is 0.200. The first kappa shape index (κ1) is 15.8. The first-order chi connectivity index (χ1) is 10.4. The van der Waals surface area contributed by atoms with Gasteiger partial charge in [-0.25, -0.2) is 5.43 Å². The molecule has 0 aromatic heterocycles. The Hall–Kier alpha value is -2.57. The summed E-state index contributed by atoms with van der Waals surface area (Å²) in [5, 5.41) is 4.92. The number of carbonyl (C=O) groups is 1. The van der Waals surface area contributed by atoms with Crippen LogP contribution in [0.5, 0.6) is 5.75 Å². The molecule has 0 heterocycles. The minimum Gasteiger partial charge on any atom is -0.484 e. The van der Waals surface area contributed by atoms with E-state index in [1.807, 2.05) is 30.3 Å². The van der Waals surface area contributed by atoms with Crippen LogP contribution in [0.4, 0.5) is 13.2 Å². The number of nitrogens with zero attached hydrogens (tertiary/aromatic N) is 1. The van der Waals surface area contributed by atoms with E-state index in [0.29, 0.717) is 5.75 Å². The molecule has 0 aliphatic heterocycles. The molecule has 1 N–H and O–H groups in total. The molecule has 1 amide bonds. The normalized spacial score (nSPS) is 12.3. The van der Waals surface area contributed by atoms with Crippen LogP contribution in [0, 0.1) is 0 Å². The van der Waals surface area contributed by atoms with Crippen molar-refractivity contribution in [3.63, 3.8) is 0 Å². The van der Waals surface area contributed by atoms with Gasteiger partial charge in [-0.1, -0.05) is 30.3 Å². The smallest absolute Gasteiger partial charge is 0.430 e. The monoisotopic (exact) mass is 310 g/mol. The number of hydrazone groups is 1. The average molecular weight is 310 g/mol. The third-order valence-electron chi connectivity index (χ3n) is 2.85. The van der Waals surface area contributed by atoms with E-state index >= 15 is 0 Å². The number of amides is 1. The summed E-state index contributed by atoms with van der Waals surface area (Å²) in [6.45, 7) is 0.345. The molecule has 0 aliphatic rings. The van der Waals surface area contributed by atoms with Gasteiger partial charge in [0.2, 0.25) is 0 Å².